The third kappa shape index (κ3) is 39.0. The Morgan fingerprint density at radius 2 is 1.00 bits per heavy atom. The first-order valence-corrected chi connectivity index (χ1v) is 12.9. The van der Waals surface area contributed by atoms with Crippen LogP contribution in [0.15, 0.2) is 61.8 Å². The Hall–Kier alpha value is -3.13. The molecule has 0 radical (unpaired) electrons. The Labute approximate surface area is 250 Å². The van der Waals surface area contributed by atoms with Gasteiger partial charge < -0.3 is 44.8 Å². The van der Waals surface area contributed by atoms with E-state index in [1.54, 1.807) is 12.2 Å². The molecule has 0 amide bonds. The van der Waals surface area contributed by atoms with Crippen LogP contribution in [0.5, 0.6) is 0 Å². The van der Waals surface area contributed by atoms with E-state index in [1.165, 1.54) is 20.8 Å². The third-order valence-electron chi connectivity index (χ3n) is 4.55. The summed E-state index contributed by atoms with van der Waals surface area (Å²) in [5.74, 6) is -2.81. The summed E-state index contributed by atoms with van der Waals surface area (Å²) < 4.78 is 16.2. The van der Waals surface area contributed by atoms with Gasteiger partial charge in [0.05, 0.1) is 58.5 Å². The maximum atomic E-state index is 9.60. The van der Waals surface area contributed by atoms with E-state index in [2.05, 4.69) is 32.9 Å². The van der Waals surface area contributed by atoms with Crippen molar-refractivity contribution in [1.29, 1.82) is 0 Å². The zero-order valence-electron chi connectivity index (χ0n) is 26.1. The number of carboxylic acid groups (broad SMARTS) is 3. The molecule has 0 aliphatic rings. The molecule has 0 aromatic carbocycles. The van der Waals surface area contributed by atoms with E-state index in [9.17, 15) is 14.4 Å². The van der Waals surface area contributed by atoms with Gasteiger partial charge in [-0.25, -0.2) is 14.4 Å². The van der Waals surface area contributed by atoms with E-state index in [1.807, 2.05) is 20.8 Å². The second-order valence-electron chi connectivity index (χ2n) is 8.99. The smallest absolute Gasteiger partial charge is 0.330 e. The Bertz CT molecular complexity index is 675. The van der Waals surface area contributed by atoms with E-state index < -0.39 is 23.3 Å². The van der Waals surface area contributed by atoms with Crippen LogP contribution in [0.1, 0.15) is 48.0 Å². The maximum absolute atomic E-state index is 9.60. The van der Waals surface area contributed by atoms with E-state index in [-0.39, 0.29) is 48.7 Å². The molecule has 42 heavy (non-hydrogen) atoms. The summed E-state index contributed by atoms with van der Waals surface area (Å²) in [5.41, 5.74) is -0.139. The highest BCUT2D eigenvalue weighted by atomic mass is 16.6. The predicted molar refractivity (Wildman–Crippen MR) is 163 cm³/mol. The average molecular weight is 607 g/mol. The van der Waals surface area contributed by atoms with Crippen molar-refractivity contribution >= 4 is 17.9 Å². The molecule has 6 N–H and O–H groups in total. The van der Waals surface area contributed by atoms with Gasteiger partial charge in [0.25, 0.3) is 0 Å². The summed E-state index contributed by atoms with van der Waals surface area (Å²) in [6, 6.07) is 0. The molecule has 0 aliphatic heterocycles. The highest BCUT2D eigenvalue weighted by Gasteiger charge is 2.24. The molecular formula is C30H54O12. The average Bonchev–Trinajstić information content (AvgIpc) is 2.93. The first-order chi connectivity index (χ1) is 19.4. The normalized spacial score (nSPS) is 11.0. The van der Waals surface area contributed by atoms with Crippen molar-refractivity contribution in [1.82, 2.24) is 0 Å². The van der Waals surface area contributed by atoms with Gasteiger partial charge in [0.15, 0.2) is 0 Å². The first kappa shape index (κ1) is 48.6. The van der Waals surface area contributed by atoms with Crippen LogP contribution in [-0.2, 0) is 28.6 Å². The molecule has 0 spiro atoms. The Balaban J connectivity index is -0.000000145. The van der Waals surface area contributed by atoms with Gasteiger partial charge in [-0.3, -0.25) is 0 Å². The van der Waals surface area contributed by atoms with Crippen LogP contribution in [-0.4, -0.2) is 107 Å². The van der Waals surface area contributed by atoms with Crippen LogP contribution in [0.3, 0.4) is 0 Å². The van der Waals surface area contributed by atoms with Crippen molar-refractivity contribution in [3.63, 3.8) is 0 Å². The van der Waals surface area contributed by atoms with Crippen molar-refractivity contribution in [2.75, 3.05) is 46.2 Å². The Morgan fingerprint density at radius 3 is 1.21 bits per heavy atom. The Morgan fingerprint density at radius 1 is 0.690 bits per heavy atom. The van der Waals surface area contributed by atoms with Gasteiger partial charge in [-0.15, -0.1) is 13.2 Å². The molecule has 0 saturated heterocycles. The molecule has 246 valence electrons. The van der Waals surface area contributed by atoms with Gasteiger partial charge in [0.2, 0.25) is 0 Å². The van der Waals surface area contributed by atoms with Gasteiger partial charge in [-0.1, -0.05) is 38.8 Å². The minimum atomic E-state index is -0.935. The first-order valence-electron chi connectivity index (χ1n) is 12.9. The lowest BCUT2D eigenvalue weighted by molar-refractivity contribution is -0.133. The van der Waals surface area contributed by atoms with Crippen molar-refractivity contribution in [2.24, 2.45) is 5.41 Å². The third-order valence-corrected chi connectivity index (χ3v) is 4.55. The quantitative estimate of drug-likeness (QED) is 0.0801. The molecule has 0 saturated carbocycles. The second kappa shape index (κ2) is 32.4. The topological polar surface area (TPSA) is 200 Å². The van der Waals surface area contributed by atoms with Gasteiger partial charge in [0.1, 0.15) is 0 Å². The minimum absolute atomic E-state index is 0.0831. The SMILES string of the molecule is C=C(C)C(=O)O.C=C(C)C(=O)O.C=C(C)C(=O)O.C=CCOCC(C)OCC(C)OCC=C.CCC(CO)(CO)CO. The summed E-state index contributed by atoms with van der Waals surface area (Å²) in [6.45, 7) is 28.5. The largest absolute Gasteiger partial charge is 0.478 e. The number of hydrogen-bond donors (Lipinski definition) is 6. The molecule has 2 unspecified atom stereocenters. The molecule has 12 heteroatoms. The number of aliphatic hydroxyl groups excluding tert-OH is 3. The van der Waals surface area contributed by atoms with Crippen LogP contribution in [0.25, 0.3) is 0 Å². The summed E-state index contributed by atoms with van der Waals surface area (Å²) in [7, 11) is 0. The Kier molecular flexibility index (Phi) is 37.5. The highest BCUT2D eigenvalue weighted by molar-refractivity contribution is 5.85. The fourth-order valence-corrected chi connectivity index (χ4v) is 1.43. The molecule has 2 atom stereocenters. The monoisotopic (exact) mass is 606 g/mol. The lowest BCUT2D eigenvalue weighted by atomic mass is 9.88. The van der Waals surface area contributed by atoms with Crippen molar-refractivity contribution in [3.8, 4) is 0 Å². The molecule has 0 bridgehead atoms. The highest BCUT2D eigenvalue weighted by Crippen LogP contribution is 2.18. The maximum Gasteiger partial charge on any atom is 0.330 e. The fraction of sp³-hybridized carbons (Fsp3) is 0.567. The molecule has 0 rings (SSSR count). The van der Waals surface area contributed by atoms with Crippen molar-refractivity contribution in [2.45, 2.75) is 60.2 Å². The van der Waals surface area contributed by atoms with Crippen molar-refractivity contribution in [3.05, 3.63) is 61.8 Å². The zero-order valence-corrected chi connectivity index (χ0v) is 26.1. The molecular weight excluding hydrogens is 552 g/mol. The summed E-state index contributed by atoms with van der Waals surface area (Å²) in [5, 5.41) is 49.6. The minimum Gasteiger partial charge on any atom is -0.478 e. The second-order valence-corrected chi connectivity index (χ2v) is 8.99. The van der Waals surface area contributed by atoms with E-state index in [0.717, 1.165) is 0 Å². The van der Waals surface area contributed by atoms with Crippen LogP contribution in [0.4, 0.5) is 0 Å². The number of carboxylic acids is 3. The lowest BCUT2D eigenvalue weighted by Gasteiger charge is -2.24. The number of rotatable bonds is 17. The number of aliphatic carboxylic acids is 3. The van der Waals surface area contributed by atoms with Gasteiger partial charge >= 0.3 is 17.9 Å². The summed E-state index contributed by atoms with van der Waals surface area (Å²) in [6.07, 6.45) is 4.22. The zero-order chi connectivity index (χ0) is 34.3. The van der Waals surface area contributed by atoms with E-state index in [0.29, 0.717) is 32.8 Å². The number of aliphatic hydroxyl groups is 3. The standard InChI is InChI=1S/C12H22O3.C6H14O3.3C4H6O2/c1-5-7-13-9-11(3)15-10-12(4)14-8-6-2;1-2-6(3-7,4-8)5-9;3*1-3(2)4(5)6/h5-6,11-12H,1-2,7-10H2,3-4H3;7-9H,2-5H2,1H3;3*1H2,2H3,(H,5,6). The van der Waals surface area contributed by atoms with Gasteiger partial charge in [-0.05, 0) is 41.0 Å². The molecule has 0 heterocycles. The van der Waals surface area contributed by atoms with Gasteiger partial charge in [-0.2, -0.15) is 0 Å². The predicted octanol–water partition coefficient (Wildman–Crippen LogP) is 3.49. The summed E-state index contributed by atoms with van der Waals surface area (Å²) >= 11 is 0. The van der Waals surface area contributed by atoms with Crippen LogP contribution >= 0.6 is 0 Å². The molecule has 0 aromatic rings. The number of carbonyl (C=O) groups is 3. The van der Waals surface area contributed by atoms with Gasteiger partial charge in [0, 0.05) is 22.1 Å². The fourth-order valence-electron chi connectivity index (χ4n) is 1.43. The van der Waals surface area contributed by atoms with Crippen molar-refractivity contribution < 1.29 is 59.2 Å². The van der Waals surface area contributed by atoms with E-state index in [4.69, 9.17) is 44.8 Å². The van der Waals surface area contributed by atoms with Crippen LogP contribution in [0, 0.1) is 5.41 Å². The number of ether oxygens (including phenoxy) is 3. The molecule has 0 fully saturated rings. The lowest BCUT2D eigenvalue weighted by Crippen LogP contribution is -2.32. The summed E-state index contributed by atoms with van der Waals surface area (Å²) in [4.78, 5) is 28.8. The van der Waals surface area contributed by atoms with Crippen LogP contribution < -0.4 is 0 Å². The number of hydrogen-bond acceptors (Lipinski definition) is 9. The van der Waals surface area contributed by atoms with Crippen LogP contribution in [0.2, 0.25) is 0 Å². The molecule has 12 nitrogen and oxygen atoms in total. The molecule has 0 aliphatic carbocycles. The van der Waals surface area contributed by atoms with E-state index >= 15 is 0 Å². The molecule has 0 aromatic heterocycles.